The number of anilines is 1. The van der Waals surface area contributed by atoms with E-state index in [0.717, 1.165) is 20.8 Å². The number of thioether (sulfide) groups is 1. The summed E-state index contributed by atoms with van der Waals surface area (Å²) in [6.07, 6.45) is 0. The maximum absolute atomic E-state index is 12.7. The van der Waals surface area contributed by atoms with Gasteiger partial charge in [-0.2, -0.15) is 0 Å². The number of amides is 1. The third kappa shape index (κ3) is 4.04. The quantitative estimate of drug-likeness (QED) is 0.374. The van der Waals surface area contributed by atoms with Gasteiger partial charge in [-0.05, 0) is 52.3 Å². The molecule has 0 unspecified atom stereocenters. The minimum Gasteiger partial charge on any atom is -0.324 e. The Labute approximate surface area is 166 Å². The van der Waals surface area contributed by atoms with Gasteiger partial charge < -0.3 is 5.32 Å². The second kappa shape index (κ2) is 7.78. The van der Waals surface area contributed by atoms with E-state index in [0.29, 0.717) is 17.1 Å². The minimum absolute atomic E-state index is 0.0799. The van der Waals surface area contributed by atoms with Gasteiger partial charge in [-0.25, -0.2) is 9.97 Å². The van der Waals surface area contributed by atoms with Gasteiger partial charge in [-0.15, -0.1) is 11.3 Å². The number of benzene rings is 1. The maximum atomic E-state index is 12.7. The fraction of sp³-hybridized carbons (Fsp3) is 0.300. The van der Waals surface area contributed by atoms with Crippen LogP contribution < -0.4 is 5.32 Å². The standard InChI is InChI=1S/C20H21N3O2S2/c1-10-12(3)26-19-17(10)20(22-14(5)21-19)27-13(4)18(25)23-16-9-7-6-8-15(16)11(2)24/h6-9,13H,1-5H3,(H,23,25)/t13-/m1/s1. The molecule has 3 aromatic rings. The van der Waals surface area contributed by atoms with E-state index in [4.69, 9.17) is 0 Å². The van der Waals surface area contributed by atoms with E-state index >= 15 is 0 Å². The normalized spacial score (nSPS) is 12.2. The number of nitrogens with one attached hydrogen (secondary N) is 1. The zero-order chi connectivity index (χ0) is 19.7. The van der Waals surface area contributed by atoms with Crippen LogP contribution in [0, 0.1) is 20.8 Å². The van der Waals surface area contributed by atoms with Crippen molar-refractivity contribution in [3.05, 3.63) is 46.1 Å². The highest BCUT2D eigenvalue weighted by Crippen LogP contribution is 2.36. The second-order valence-corrected chi connectivity index (χ2v) is 8.92. The van der Waals surface area contributed by atoms with Crippen molar-refractivity contribution in [3.63, 3.8) is 0 Å². The number of fused-ring (bicyclic) bond motifs is 1. The molecule has 0 saturated heterocycles. The Morgan fingerprint density at radius 2 is 1.85 bits per heavy atom. The summed E-state index contributed by atoms with van der Waals surface area (Å²) in [6.45, 7) is 9.33. The van der Waals surface area contributed by atoms with Gasteiger partial charge in [0.15, 0.2) is 5.78 Å². The fourth-order valence-electron chi connectivity index (χ4n) is 2.75. The lowest BCUT2D eigenvalue weighted by atomic mass is 10.1. The first-order valence-corrected chi connectivity index (χ1v) is 10.3. The first-order chi connectivity index (χ1) is 12.8. The molecular formula is C20H21N3O2S2. The number of aromatic nitrogens is 2. The maximum Gasteiger partial charge on any atom is 0.237 e. The highest BCUT2D eigenvalue weighted by atomic mass is 32.2. The van der Waals surface area contributed by atoms with Crippen molar-refractivity contribution in [1.29, 1.82) is 0 Å². The molecule has 0 saturated carbocycles. The number of hydrogen-bond acceptors (Lipinski definition) is 6. The third-order valence-electron chi connectivity index (χ3n) is 4.33. The first kappa shape index (κ1) is 19.5. The molecule has 1 N–H and O–H groups in total. The topological polar surface area (TPSA) is 72.0 Å². The van der Waals surface area contributed by atoms with Gasteiger partial charge in [0, 0.05) is 15.8 Å². The molecule has 0 fully saturated rings. The Morgan fingerprint density at radius 3 is 2.56 bits per heavy atom. The number of Topliss-reactive ketones (excluding diaryl/α,β-unsaturated/α-hetero) is 1. The molecule has 1 aromatic carbocycles. The van der Waals surface area contributed by atoms with Crippen LogP contribution in [-0.4, -0.2) is 26.9 Å². The van der Waals surface area contributed by atoms with Crippen LogP contribution in [0.3, 0.4) is 0 Å². The van der Waals surface area contributed by atoms with E-state index in [9.17, 15) is 9.59 Å². The number of nitrogens with zero attached hydrogens (tertiary/aromatic N) is 2. The number of carbonyl (C=O) groups is 2. The number of carbonyl (C=O) groups excluding carboxylic acids is 2. The molecule has 5 nitrogen and oxygen atoms in total. The van der Waals surface area contributed by atoms with E-state index in [1.165, 1.54) is 23.6 Å². The van der Waals surface area contributed by atoms with Crippen LogP contribution in [0.5, 0.6) is 0 Å². The lowest BCUT2D eigenvalue weighted by Crippen LogP contribution is -2.23. The molecule has 27 heavy (non-hydrogen) atoms. The van der Waals surface area contributed by atoms with Crippen LogP contribution >= 0.6 is 23.1 Å². The number of thiophene rings is 1. The molecule has 0 aliphatic carbocycles. The molecule has 140 valence electrons. The summed E-state index contributed by atoms with van der Waals surface area (Å²) in [5.41, 5.74) is 2.20. The van der Waals surface area contributed by atoms with Crippen LogP contribution in [0.15, 0.2) is 29.3 Å². The van der Waals surface area contributed by atoms with Crippen LogP contribution in [0.2, 0.25) is 0 Å². The molecule has 0 radical (unpaired) electrons. The Bertz CT molecular complexity index is 1040. The lowest BCUT2D eigenvalue weighted by molar-refractivity contribution is -0.115. The lowest BCUT2D eigenvalue weighted by Gasteiger charge is -2.14. The number of aryl methyl sites for hydroxylation is 3. The van der Waals surface area contributed by atoms with Crippen molar-refractivity contribution in [2.45, 2.75) is 44.9 Å². The molecule has 0 spiro atoms. The highest BCUT2D eigenvalue weighted by molar-refractivity contribution is 8.00. The van der Waals surface area contributed by atoms with Crippen molar-refractivity contribution in [1.82, 2.24) is 9.97 Å². The summed E-state index contributed by atoms with van der Waals surface area (Å²) < 4.78 is 0. The summed E-state index contributed by atoms with van der Waals surface area (Å²) in [7, 11) is 0. The smallest absolute Gasteiger partial charge is 0.237 e. The van der Waals surface area contributed by atoms with Crippen LogP contribution in [-0.2, 0) is 4.79 Å². The van der Waals surface area contributed by atoms with E-state index in [1.54, 1.807) is 35.6 Å². The third-order valence-corrected chi connectivity index (χ3v) is 6.52. The summed E-state index contributed by atoms with van der Waals surface area (Å²) in [4.78, 5) is 35.7. The van der Waals surface area contributed by atoms with Crippen molar-refractivity contribution in [2.75, 3.05) is 5.32 Å². The Morgan fingerprint density at radius 1 is 1.15 bits per heavy atom. The molecule has 2 aromatic heterocycles. The highest BCUT2D eigenvalue weighted by Gasteiger charge is 2.21. The van der Waals surface area contributed by atoms with Crippen LogP contribution in [0.25, 0.3) is 10.2 Å². The largest absolute Gasteiger partial charge is 0.324 e. The van der Waals surface area contributed by atoms with Gasteiger partial charge >= 0.3 is 0 Å². The molecule has 3 rings (SSSR count). The summed E-state index contributed by atoms with van der Waals surface area (Å²) in [6, 6.07) is 7.04. The molecular weight excluding hydrogens is 378 g/mol. The number of para-hydroxylation sites is 1. The van der Waals surface area contributed by atoms with Crippen LogP contribution in [0.4, 0.5) is 5.69 Å². The van der Waals surface area contributed by atoms with E-state index < -0.39 is 0 Å². The van der Waals surface area contributed by atoms with Crippen LogP contribution in [0.1, 0.15) is 40.5 Å². The van der Waals surface area contributed by atoms with Crippen molar-refractivity contribution < 1.29 is 9.59 Å². The zero-order valence-electron chi connectivity index (χ0n) is 15.9. The monoisotopic (exact) mass is 399 g/mol. The number of rotatable bonds is 5. The SMILES string of the molecule is CC(=O)c1ccccc1NC(=O)[C@@H](C)Sc1nc(C)nc2sc(C)c(C)c12. The molecule has 2 heterocycles. The molecule has 7 heteroatoms. The number of hydrogen-bond donors (Lipinski definition) is 1. The van der Waals surface area contributed by atoms with E-state index in [-0.39, 0.29) is 16.9 Å². The van der Waals surface area contributed by atoms with Gasteiger partial charge in [-0.3, -0.25) is 9.59 Å². The fourth-order valence-corrected chi connectivity index (χ4v) is 4.95. The molecule has 0 aliphatic rings. The van der Waals surface area contributed by atoms with Gasteiger partial charge in [0.05, 0.1) is 10.9 Å². The van der Waals surface area contributed by atoms with E-state index in [1.807, 2.05) is 13.8 Å². The van der Waals surface area contributed by atoms with Gasteiger partial charge in [0.1, 0.15) is 15.7 Å². The predicted molar refractivity (Wildman–Crippen MR) is 112 cm³/mol. The summed E-state index contributed by atoms with van der Waals surface area (Å²) in [5, 5.41) is 4.35. The van der Waals surface area contributed by atoms with Crippen molar-refractivity contribution in [3.8, 4) is 0 Å². The van der Waals surface area contributed by atoms with Gasteiger partial charge in [0.2, 0.25) is 5.91 Å². The van der Waals surface area contributed by atoms with Gasteiger partial charge in [-0.1, -0.05) is 23.9 Å². The minimum atomic E-state index is -0.373. The molecule has 0 aliphatic heterocycles. The Kier molecular flexibility index (Phi) is 5.62. The zero-order valence-corrected chi connectivity index (χ0v) is 17.5. The van der Waals surface area contributed by atoms with Crippen molar-refractivity contribution in [2.24, 2.45) is 0 Å². The summed E-state index contributed by atoms with van der Waals surface area (Å²) >= 11 is 3.06. The van der Waals surface area contributed by atoms with Crippen molar-refractivity contribution >= 4 is 50.7 Å². The molecule has 1 amide bonds. The summed E-state index contributed by atoms with van der Waals surface area (Å²) in [5.74, 6) is 0.451. The molecule has 1 atom stereocenters. The average molecular weight is 400 g/mol. The molecule has 0 bridgehead atoms. The average Bonchev–Trinajstić information content (AvgIpc) is 2.89. The van der Waals surface area contributed by atoms with E-state index in [2.05, 4.69) is 29.1 Å². The first-order valence-electron chi connectivity index (χ1n) is 8.59. The second-order valence-electron chi connectivity index (χ2n) is 6.39. The Balaban J connectivity index is 1.86. The Hall–Kier alpha value is -2.25. The van der Waals surface area contributed by atoms with Gasteiger partial charge in [0.25, 0.3) is 0 Å². The number of ketones is 1. The predicted octanol–water partition coefficient (Wildman–Crippen LogP) is 4.94.